The Balaban J connectivity index is 1.88. The van der Waals surface area contributed by atoms with Gasteiger partial charge in [0.05, 0.1) is 6.54 Å². The molecule has 0 bridgehead atoms. The fourth-order valence-corrected chi connectivity index (χ4v) is 2.93. The van der Waals surface area contributed by atoms with Gasteiger partial charge in [-0.15, -0.1) is 0 Å². The molecule has 0 saturated carbocycles. The SMILES string of the molecule is Cc1ccc(NC(=O)CN2CCC(C)C(CN)C2)cc1Cl. The lowest BCUT2D eigenvalue weighted by molar-refractivity contribution is -0.117. The zero-order valence-electron chi connectivity index (χ0n) is 12.7. The van der Waals surface area contributed by atoms with Crippen molar-refractivity contribution in [3.8, 4) is 0 Å². The largest absolute Gasteiger partial charge is 0.330 e. The van der Waals surface area contributed by atoms with E-state index in [9.17, 15) is 4.79 Å². The maximum absolute atomic E-state index is 12.1. The average Bonchev–Trinajstić information content (AvgIpc) is 2.45. The van der Waals surface area contributed by atoms with E-state index in [-0.39, 0.29) is 5.91 Å². The molecule has 1 aromatic rings. The predicted octanol–water partition coefficient (Wildman–Crippen LogP) is 2.50. The fourth-order valence-electron chi connectivity index (χ4n) is 2.75. The molecular formula is C16H24ClN3O. The molecule has 1 aliphatic heterocycles. The minimum absolute atomic E-state index is 0.000226. The fraction of sp³-hybridized carbons (Fsp3) is 0.562. The number of piperidine rings is 1. The van der Waals surface area contributed by atoms with Crippen molar-refractivity contribution >= 4 is 23.2 Å². The molecule has 2 atom stereocenters. The lowest BCUT2D eigenvalue weighted by atomic mass is 9.87. The summed E-state index contributed by atoms with van der Waals surface area (Å²) in [7, 11) is 0. The van der Waals surface area contributed by atoms with E-state index in [1.807, 2.05) is 19.1 Å². The molecule has 2 unspecified atom stereocenters. The molecule has 0 radical (unpaired) electrons. The number of amides is 1. The molecule has 0 spiro atoms. The van der Waals surface area contributed by atoms with Crippen LogP contribution in [0.1, 0.15) is 18.9 Å². The summed E-state index contributed by atoms with van der Waals surface area (Å²) in [6.07, 6.45) is 1.10. The predicted molar refractivity (Wildman–Crippen MR) is 87.6 cm³/mol. The van der Waals surface area contributed by atoms with Crippen LogP contribution >= 0.6 is 11.6 Å². The highest BCUT2D eigenvalue weighted by atomic mass is 35.5. The third-order valence-electron chi connectivity index (χ3n) is 4.32. The highest BCUT2D eigenvalue weighted by Gasteiger charge is 2.26. The molecule has 1 saturated heterocycles. The van der Waals surface area contributed by atoms with Crippen LogP contribution in [-0.4, -0.2) is 37.0 Å². The van der Waals surface area contributed by atoms with Crippen LogP contribution in [-0.2, 0) is 4.79 Å². The summed E-state index contributed by atoms with van der Waals surface area (Å²) >= 11 is 6.07. The van der Waals surface area contributed by atoms with Gasteiger partial charge in [0, 0.05) is 17.3 Å². The number of rotatable bonds is 4. The first-order chi connectivity index (χ1) is 9.99. The summed E-state index contributed by atoms with van der Waals surface area (Å²) in [5.74, 6) is 1.13. The summed E-state index contributed by atoms with van der Waals surface area (Å²) in [6.45, 7) is 7.14. The minimum Gasteiger partial charge on any atom is -0.330 e. The normalized spacial score (nSPS) is 23.0. The molecular weight excluding hydrogens is 286 g/mol. The number of nitrogens with two attached hydrogens (primary N) is 1. The number of aryl methyl sites for hydroxylation is 1. The van der Waals surface area contributed by atoms with Gasteiger partial charge in [-0.05, 0) is 56.0 Å². The van der Waals surface area contributed by atoms with E-state index in [2.05, 4.69) is 17.1 Å². The Labute approximate surface area is 131 Å². The van der Waals surface area contributed by atoms with Gasteiger partial charge >= 0.3 is 0 Å². The van der Waals surface area contributed by atoms with Crippen LogP contribution in [0.5, 0.6) is 0 Å². The van der Waals surface area contributed by atoms with Crippen LogP contribution in [0.15, 0.2) is 18.2 Å². The van der Waals surface area contributed by atoms with Crippen molar-refractivity contribution in [1.82, 2.24) is 4.90 Å². The summed E-state index contributed by atoms with van der Waals surface area (Å²) < 4.78 is 0. The van der Waals surface area contributed by atoms with Crippen molar-refractivity contribution in [3.05, 3.63) is 28.8 Å². The zero-order valence-corrected chi connectivity index (χ0v) is 13.5. The number of hydrogen-bond acceptors (Lipinski definition) is 3. The molecule has 1 aromatic carbocycles. The average molecular weight is 310 g/mol. The van der Waals surface area contributed by atoms with Crippen molar-refractivity contribution in [3.63, 3.8) is 0 Å². The second-order valence-electron chi connectivity index (χ2n) is 6.01. The summed E-state index contributed by atoms with van der Waals surface area (Å²) in [6, 6.07) is 5.57. The number of nitrogens with one attached hydrogen (secondary N) is 1. The molecule has 0 aromatic heterocycles. The van der Waals surface area contributed by atoms with Crippen molar-refractivity contribution in [2.45, 2.75) is 20.3 Å². The Morgan fingerprint density at radius 3 is 2.95 bits per heavy atom. The van der Waals surface area contributed by atoms with Crippen LogP contribution in [0.25, 0.3) is 0 Å². The van der Waals surface area contributed by atoms with E-state index in [1.165, 1.54) is 0 Å². The zero-order chi connectivity index (χ0) is 15.4. The number of anilines is 1. The summed E-state index contributed by atoms with van der Waals surface area (Å²) in [4.78, 5) is 14.3. The second-order valence-corrected chi connectivity index (χ2v) is 6.42. The highest BCUT2D eigenvalue weighted by molar-refractivity contribution is 6.31. The molecule has 21 heavy (non-hydrogen) atoms. The second kappa shape index (κ2) is 7.25. The smallest absolute Gasteiger partial charge is 0.238 e. The Hall–Kier alpha value is -1.10. The van der Waals surface area contributed by atoms with Crippen LogP contribution < -0.4 is 11.1 Å². The van der Waals surface area contributed by atoms with E-state index in [1.54, 1.807) is 6.07 Å². The number of nitrogens with zero attached hydrogens (tertiary/aromatic N) is 1. The highest BCUT2D eigenvalue weighted by Crippen LogP contribution is 2.22. The van der Waals surface area contributed by atoms with Crippen molar-refractivity contribution in [1.29, 1.82) is 0 Å². The molecule has 2 rings (SSSR count). The van der Waals surface area contributed by atoms with Crippen LogP contribution in [0.2, 0.25) is 5.02 Å². The molecule has 1 aliphatic rings. The van der Waals surface area contributed by atoms with Crippen molar-refractivity contribution in [2.75, 3.05) is 31.5 Å². The van der Waals surface area contributed by atoms with Crippen LogP contribution in [0, 0.1) is 18.8 Å². The number of carbonyl (C=O) groups excluding carboxylic acids is 1. The first-order valence-corrected chi connectivity index (χ1v) is 7.86. The lowest BCUT2D eigenvalue weighted by Crippen LogP contribution is -2.45. The van der Waals surface area contributed by atoms with Crippen molar-refractivity contribution in [2.24, 2.45) is 17.6 Å². The Kier molecular flexibility index (Phi) is 5.62. The maximum Gasteiger partial charge on any atom is 0.238 e. The Bertz CT molecular complexity index is 506. The number of likely N-dealkylation sites (tertiary alicyclic amines) is 1. The first-order valence-electron chi connectivity index (χ1n) is 7.48. The van der Waals surface area contributed by atoms with Gasteiger partial charge in [0.1, 0.15) is 0 Å². The Morgan fingerprint density at radius 2 is 2.29 bits per heavy atom. The van der Waals surface area contributed by atoms with Gasteiger partial charge in [0.15, 0.2) is 0 Å². The number of benzene rings is 1. The first kappa shape index (κ1) is 16.3. The maximum atomic E-state index is 12.1. The van der Waals surface area contributed by atoms with E-state index in [0.717, 1.165) is 30.8 Å². The molecule has 1 amide bonds. The molecule has 3 N–H and O–H groups in total. The van der Waals surface area contributed by atoms with Gasteiger partial charge in [-0.2, -0.15) is 0 Å². The molecule has 116 valence electrons. The molecule has 5 heteroatoms. The number of hydrogen-bond donors (Lipinski definition) is 2. The number of carbonyl (C=O) groups is 1. The van der Waals surface area contributed by atoms with Crippen LogP contribution in [0.3, 0.4) is 0 Å². The number of halogens is 1. The monoisotopic (exact) mass is 309 g/mol. The van der Waals surface area contributed by atoms with Crippen molar-refractivity contribution < 1.29 is 4.79 Å². The summed E-state index contributed by atoms with van der Waals surface area (Å²) in [5, 5.41) is 3.57. The standard InChI is InChI=1S/C16H24ClN3O/c1-11-5-6-20(9-13(11)8-18)10-16(21)19-14-4-3-12(2)15(17)7-14/h3-4,7,11,13H,5-6,8-10,18H2,1-2H3,(H,19,21). The van der Waals surface area contributed by atoms with Gasteiger partial charge in [-0.3, -0.25) is 9.69 Å². The van der Waals surface area contributed by atoms with Gasteiger partial charge < -0.3 is 11.1 Å². The van der Waals surface area contributed by atoms with Gasteiger partial charge in [0.2, 0.25) is 5.91 Å². The minimum atomic E-state index is 0.000226. The van der Waals surface area contributed by atoms with E-state index >= 15 is 0 Å². The van der Waals surface area contributed by atoms with E-state index < -0.39 is 0 Å². The topological polar surface area (TPSA) is 58.4 Å². The third kappa shape index (κ3) is 4.43. The quantitative estimate of drug-likeness (QED) is 0.898. The molecule has 0 aliphatic carbocycles. The van der Waals surface area contributed by atoms with Gasteiger partial charge in [-0.25, -0.2) is 0 Å². The lowest BCUT2D eigenvalue weighted by Gasteiger charge is -2.36. The van der Waals surface area contributed by atoms with Gasteiger partial charge in [0.25, 0.3) is 0 Å². The Morgan fingerprint density at radius 1 is 1.52 bits per heavy atom. The van der Waals surface area contributed by atoms with E-state index in [4.69, 9.17) is 17.3 Å². The summed E-state index contributed by atoms with van der Waals surface area (Å²) in [5.41, 5.74) is 7.55. The van der Waals surface area contributed by atoms with Gasteiger partial charge in [-0.1, -0.05) is 24.6 Å². The van der Waals surface area contributed by atoms with E-state index in [0.29, 0.717) is 29.9 Å². The molecule has 4 nitrogen and oxygen atoms in total. The van der Waals surface area contributed by atoms with Crippen LogP contribution in [0.4, 0.5) is 5.69 Å². The third-order valence-corrected chi connectivity index (χ3v) is 4.73. The molecule has 1 fully saturated rings. The molecule has 1 heterocycles.